The molecule has 4 heterocycles. The molecular weight excluding hydrogens is 400 g/mol. The van der Waals surface area contributed by atoms with Crippen LogP contribution in [-0.2, 0) is 11.2 Å². The molecule has 6 rings (SSSR count). The Balaban J connectivity index is 1.39. The first-order valence-corrected chi connectivity index (χ1v) is 11.0. The predicted octanol–water partition coefficient (Wildman–Crippen LogP) is 3.50. The second-order valence-corrected chi connectivity index (χ2v) is 8.88. The van der Waals surface area contributed by atoms with E-state index in [0.29, 0.717) is 17.4 Å². The van der Waals surface area contributed by atoms with Crippen LogP contribution in [0.15, 0.2) is 30.5 Å². The number of fused-ring (bicyclic) bond motifs is 2. The maximum atomic E-state index is 13.0. The van der Waals surface area contributed by atoms with Gasteiger partial charge in [-0.15, -0.1) is 0 Å². The standard InChI is InChI=1S/C23H23ClN4O2/c24-15-9-14-10-20(23(29)28-7-5-25-6-8-28)30-21(14)17(11-15)16-3-4-26-22-18(16)12-19(27-22)13-1-2-13/h3-4,9,11-13,20,25H,1-2,5-8,10H2,(H,26,27)/t20-/m1/s1. The first-order valence-electron chi connectivity index (χ1n) is 10.6. The Bertz CT molecular complexity index is 1150. The van der Waals surface area contributed by atoms with Crippen LogP contribution in [0, 0.1) is 0 Å². The second kappa shape index (κ2) is 7.00. The Kier molecular flexibility index (Phi) is 4.25. The molecule has 30 heavy (non-hydrogen) atoms. The second-order valence-electron chi connectivity index (χ2n) is 8.45. The number of halogens is 1. The molecule has 0 spiro atoms. The highest BCUT2D eigenvalue weighted by molar-refractivity contribution is 6.31. The lowest BCUT2D eigenvalue weighted by Gasteiger charge is -2.29. The van der Waals surface area contributed by atoms with Crippen LogP contribution >= 0.6 is 11.6 Å². The minimum Gasteiger partial charge on any atom is -0.479 e. The number of nitrogens with zero attached hydrogens (tertiary/aromatic N) is 2. The van der Waals surface area contributed by atoms with E-state index in [9.17, 15) is 4.79 Å². The smallest absolute Gasteiger partial charge is 0.264 e. The van der Waals surface area contributed by atoms with Crippen molar-refractivity contribution in [2.45, 2.75) is 31.3 Å². The number of piperazine rings is 1. The fraction of sp³-hybridized carbons (Fsp3) is 0.391. The van der Waals surface area contributed by atoms with E-state index in [-0.39, 0.29) is 5.91 Å². The van der Waals surface area contributed by atoms with Crippen LogP contribution in [0.4, 0.5) is 0 Å². The number of aromatic amines is 1. The molecule has 0 unspecified atom stereocenters. The van der Waals surface area contributed by atoms with Gasteiger partial charge in [-0.1, -0.05) is 11.6 Å². The molecule has 2 N–H and O–H groups in total. The lowest BCUT2D eigenvalue weighted by molar-refractivity contribution is -0.138. The van der Waals surface area contributed by atoms with Crippen LogP contribution in [0.25, 0.3) is 22.2 Å². The number of rotatable bonds is 3. The van der Waals surface area contributed by atoms with Crippen LogP contribution in [0.2, 0.25) is 5.02 Å². The summed E-state index contributed by atoms with van der Waals surface area (Å²) >= 11 is 6.49. The Morgan fingerprint density at radius 2 is 2.00 bits per heavy atom. The van der Waals surface area contributed by atoms with E-state index in [1.54, 1.807) is 0 Å². The highest BCUT2D eigenvalue weighted by Gasteiger charge is 2.35. The first-order chi connectivity index (χ1) is 14.7. The van der Waals surface area contributed by atoms with Crippen LogP contribution in [0.5, 0.6) is 5.75 Å². The maximum absolute atomic E-state index is 13.0. The predicted molar refractivity (Wildman–Crippen MR) is 116 cm³/mol. The first kappa shape index (κ1) is 18.2. The van der Waals surface area contributed by atoms with Gasteiger partial charge in [0, 0.05) is 66.0 Å². The van der Waals surface area contributed by atoms with E-state index in [1.165, 1.54) is 18.5 Å². The van der Waals surface area contributed by atoms with Crippen molar-refractivity contribution in [2.24, 2.45) is 0 Å². The Hall–Kier alpha value is -2.57. The molecule has 7 heteroatoms. The zero-order valence-electron chi connectivity index (χ0n) is 16.6. The summed E-state index contributed by atoms with van der Waals surface area (Å²) in [4.78, 5) is 22.9. The molecule has 1 aromatic carbocycles. The van der Waals surface area contributed by atoms with Crippen molar-refractivity contribution in [3.8, 4) is 16.9 Å². The van der Waals surface area contributed by atoms with Gasteiger partial charge in [-0.25, -0.2) is 4.98 Å². The third kappa shape index (κ3) is 3.06. The molecule has 6 nitrogen and oxygen atoms in total. The van der Waals surface area contributed by atoms with Gasteiger partial charge in [0.15, 0.2) is 6.10 Å². The molecule has 1 atom stereocenters. The van der Waals surface area contributed by atoms with Crippen molar-refractivity contribution in [2.75, 3.05) is 26.2 Å². The molecule has 154 valence electrons. The molecule has 1 amide bonds. The third-order valence-corrected chi connectivity index (χ3v) is 6.58. The average molecular weight is 423 g/mol. The quantitative estimate of drug-likeness (QED) is 0.677. The van der Waals surface area contributed by atoms with E-state index >= 15 is 0 Å². The van der Waals surface area contributed by atoms with E-state index in [2.05, 4.69) is 21.4 Å². The number of hydrogen-bond donors (Lipinski definition) is 2. The van der Waals surface area contributed by atoms with Crippen molar-refractivity contribution in [1.82, 2.24) is 20.2 Å². The summed E-state index contributed by atoms with van der Waals surface area (Å²) in [5.74, 6) is 1.45. The minimum absolute atomic E-state index is 0.0623. The van der Waals surface area contributed by atoms with E-state index < -0.39 is 6.10 Å². The Labute approximate surface area is 179 Å². The maximum Gasteiger partial charge on any atom is 0.264 e. The van der Waals surface area contributed by atoms with Gasteiger partial charge in [-0.3, -0.25) is 4.79 Å². The molecular formula is C23H23ClN4O2. The number of benzene rings is 1. The number of nitrogens with one attached hydrogen (secondary N) is 2. The number of hydrogen-bond acceptors (Lipinski definition) is 4. The van der Waals surface area contributed by atoms with Crippen LogP contribution < -0.4 is 10.1 Å². The van der Waals surface area contributed by atoms with Crippen LogP contribution in [-0.4, -0.2) is 53.1 Å². The fourth-order valence-corrected chi connectivity index (χ4v) is 4.89. The number of amides is 1. The van der Waals surface area contributed by atoms with Gasteiger partial charge >= 0.3 is 0 Å². The highest BCUT2D eigenvalue weighted by atomic mass is 35.5. The number of aromatic nitrogens is 2. The molecule has 3 aliphatic rings. The van der Waals surface area contributed by atoms with Crippen LogP contribution in [0.1, 0.15) is 30.0 Å². The minimum atomic E-state index is -0.485. The summed E-state index contributed by atoms with van der Waals surface area (Å²) in [7, 11) is 0. The summed E-state index contributed by atoms with van der Waals surface area (Å²) in [5.41, 5.74) is 5.10. The van der Waals surface area contributed by atoms with Crippen molar-refractivity contribution in [3.63, 3.8) is 0 Å². The van der Waals surface area contributed by atoms with Gasteiger partial charge in [-0.2, -0.15) is 0 Å². The highest BCUT2D eigenvalue weighted by Crippen LogP contribution is 2.45. The van der Waals surface area contributed by atoms with Crippen molar-refractivity contribution >= 4 is 28.5 Å². The summed E-state index contributed by atoms with van der Waals surface area (Å²) in [6.07, 6.45) is 4.35. The lowest BCUT2D eigenvalue weighted by atomic mass is 9.99. The van der Waals surface area contributed by atoms with Gasteiger partial charge < -0.3 is 19.9 Å². The van der Waals surface area contributed by atoms with E-state index in [0.717, 1.165) is 59.7 Å². The molecule has 1 aliphatic carbocycles. The van der Waals surface area contributed by atoms with E-state index in [4.69, 9.17) is 16.3 Å². The molecule has 1 saturated carbocycles. The molecule has 0 radical (unpaired) electrons. The van der Waals surface area contributed by atoms with E-state index in [1.807, 2.05) is 29.3 Å². The van der Waals surface area contributed by atoms with Crippen molar-refractivity contribution < 1.29 is 9.53 Å². The summed E-state index contributed by atoms with van der Waals surface area (Å²) in [5, 5.41) is 5.02. The molecule has 2 fully saturated rings. The fourth-order valence-electron chi connectivity index (χ4n) is 4.65. The van der Waals surface area contributed by atoms with Gasteiger partial charge in [-0.05, 0) is 48.6 Å². The van der Waals surface area contributed by atoms with Crippen molar-refractivity contribution in [1.29, 1.82) is 0 Å². The SMILES string of the molecule is O=C([C@H]1Cc2cc(Cl)cc(-c3ccnc4[nH]c(C5CC5)cc34)c2O1)N1CCNCC1. The summed E-state index contributed by atoms with van der Waals surface area (Å²) in [6.45, 7) is 3.10. The third-order valence-electron chi connectivity index (χ3n) is 6.36. The number of ether oxygens (including phenoxy) is 1. The topological polar surface area (TPSA) is 70.2 Å². The molecule has 2 aliphatic heterocycles. The molecule has 2 aromatic heterocycles. The summed E-state index contributed by atoms with van der Waals surface area (Å²) < 4.78 is 6.28. The summed E-state index contributed by atoms with van der Waals surface area (Å²) in [6, 6.07) is 8.09. The van der Waals surface area contributed by atoms with Gasteiger partial charge in [0.1, 0.15) is 11.4 Å². The number of H-pyrrole nitrogens is 1. The lowest BCUT2D eigenvalue weighted by Crippen LogP contribution is -2.50. The molecule has 1 saturated heterocycles. The normalized spacial score (nSPS) is 21.0. The van der Waals surface area contributed by atoms with Crippen LogP contribution in [0.3, 0.4) is 0 Å². The number of carbonyl (C=O) groups is 1. The number of pyridine rings is 1. The largest absolute Gasteiger partial charge is 0.479 e. The number of carbonyl (C=O) groups excluding carboxylic acids is 1. The Morgan fingerprint density at radius 3 is 2.80 bits per heavy atom. The van der Waals surface area contributed by atoms with Gasteiger partial charge in [0.05, 0.1) is 0 Å². The molecule has 0 bridgehead atoms. The molecule has 3 aromatic rings. The monoisotopic (exact) mass is 422 g/mol. The zero-order chi connectivity index (χ0) is 20.2. The average Bonchev–Trinajstić information content (AvgIpc) is 3.38. The zero-order valence-corrected chi connectivity index (χ0v) is 17.3. The van der Waals surface area contributed by atoms with Gasteiger partial charge in [0.25, 0.3) is 5.91 Å². The van der Waals surface area contributed by atoms with Gasteiger partial charge in [0.2, 0.25) is 0 Å². The van der Waals surface area contributed by atoms with Crippen molar-refractivity contribution in [3.05, 3.63) is 46.7 Å². The Morgan fingerprint density at radius 1 is 1.17 bits per heavy atom.